The zero-order valence-corrected chi connectivity index (χ0v) is 28.6. The second-order valence-corrected chi connectivity index (χ2v) is 15.2. The zero-order valence-electron chi connectivity index (χ0n) is 27.0. The van der Waals surface area contributed by atoms with E-state index in [0.29, 0.717) is 0 Å². The van der Waals surface area contributed by atoms with Gasteiger partial charge in [0.1, 0.15) is 0 Å². The van der Waals surface area contributed by atoms with Crippen molar-refractivity contribution in [2.75, 3.05) is 0 Å². The predicted molar refractivity (Wildman–Crippen MR) is 221 cm³/mol. The van der Waals surface area contributed by atoms with Gasteiger partial charge in [-0.05, 0) is 66.7 Å². The first-order valence-corrected chi connectivity index (χ1v) is 18.7. The molecule has 232 valence electrons. The Labute approximate surface area is 297 Å². The van der Waals surface area contributed by atoms with Gasteiger partial charge in [0, 0.05) is 51.5 Å². The molecule has 0 spiro atoms. The minimum Gasteiger partial charge on any atom is -0.134 e. The van der Waals surface area contributed by atoms with Gasteiger partial charge in [-0.2, -0.15) is 0 Å². The van der Waals surface area contributed by atoms with Crippen molar-refractivity contribution < 1.29 is 0 Å². The molecule has 11 aromatic rings. The van der Waals surface area contributed by atoms with E-state index < -0.39 is 0 Å². The van der Waals surface area contributed by atoms with E-state index >= 15 is 0 Å². The Bertz CT molecular complexity index is 3070. The van der Waals surface area contributed by atoms with Crippen molar-refractivity contribution in [2.45, 2.75) is 0 Å². The van der Waals surface area contributed by atoms with Crippen LogP contribution in [-0.2, 0) is 0 Å². The number of fused-ring (bicyclic) bond motifs is 10. The second kappa shape index (κ2) is 10.9. The minimum atomic E-state index is 1.23. The second-order valence-electron chi connectivity index (χ2n) is 13.2. The monoisotopic (exact) mass is 668 g/mol. The van der Waals surface area contributed by atoms with Crippen LogP contribution in [-0.4, -0.2) is 0 Å². The minimum absolute atomic E-state index is 1.23. The molecule has 0 aliphatic heterocycles. The molecule has 9 aromatic carbocycles. The Morgan fingerprint density at radius 3 is 1.50 bits per heavy atom. The molecule has 0 unspecified atom stereocenters. The van der Waals surface area contributed by atoms with Gasteiger partial charge in [-0.15, -0.1) is 22.7 Å². The van der Waals surface area contributed by atoms with Crippen molar-refractivity contribution in [1.29, 1.82) is 0 Å². The fourth-order valence-corrected chi connectivity index (χ4v) is 10.9. The highest BCUT2D eigenvalue weighted by Gasteiger charge is 2.24. The number of thiophene rings is 2. The van der Waals surface area contributed by atoms with Crippen LogP contribution in [0.15, 0.2) is 170 Å². The maximum absolute atomic E-state index is 2.48. The van der Waals surface area contributed by atoms with Crippen LogP contribution in [0.25, 0.3) is 106 Å². The molecule has 0 N–H and O–H groups in total. The third-order valence-electron chi connectivity index (χ3n) is 10.5. The third kappa shape index (κ3) is 4.04. The summed E-state index contributed by atoms with van der Waals surface area (Å²) in [6, 6.07) is 62.8. The summed E-state index contributed by atoms with van der Waals surface area (Å²) in [7, 11) is 0. The van der Waals surface area contributed by atoms with Gasteiger partial charge >= 0.3 is 0 Å². The Balaban J connectivity index is 1.29. The van der Waals surface area contributed by atoms with Crippen molar-refractivity contribution in [3.05, 3.63) is 170 Å². The normalized spacial score (nSPS) is 12.0. The van der Waals surface area contributed by atoms with E-state index in [1.54, 1.807) is 0 Å². The van der Waals surface area contributed by atoms with E-state index in [1.165, 1.54) is 106 Å². The highest BCUT2D eigenvalue weighted by Crippen LogP contribution is 2.53. The fourth-order valence-electron chi connectivity index (χ4n) is 8.21. The van der Waals surface area contributed by atoms with Gasteiger partial charge in [0.05, 0.1) is 0 Å². The summed E-state index contributed by atoms with van der Waals surface area (Å²) >= 11 is 3.90. The first-order chi connectivity index (χ1) is 24.8. The summed E-state index contributed by atoms with van der Waals surface area (Å²) in [5.74, 6) is 0. The van der Waals surface area contributed by atoms with E-state index in [1.807, 2.05) is 22.7 Å². The van der Waals surface area contributed by atoms with Crippen LogP contribution < -0.4 is 0 Å². The lowest BCUT2D eigenvalue weighted by atomic mass is 9.85. The van der Waals surface area contributed by atoms with E-state index in [2.05, 4.69) is 170 Å². The summed E-state index contributed by atoms with van der Waals surface area (Å²) in [4.78, 5) is 0. The molecule has 0 aliphatic rings. The van der Waals surface area contributed by atoms with Crippen molar-refractivity contribution >= 4 is 95.3 Å². The molecule has 0 bridgehead atoms. The average molecular weight is 669 g/mol. The zero-order chi connectivity index (χ0) is 32.8. The average Bonchev–Trinajstić information content (AvgIpc) is 3.75. The first-order valence-electron chi connectivity index (χ1n) is 17.1. The van der Waals surface area contributed by atoms with E-state index in [0.717, 1.165) is 0 Å². The molecule has 0 aliphatic carbocycles. The van der Waals surface area contributed by atoms with E-state index in [-0.39, 0.29) is 0 Å². The summed E-state index contributed by atoms with van der Waals surface area (Å²) in [5, 5.41) is 13.1. The molecule has 2 heterocycles. The summed E-state index contributed by atoms with van der Waals surface area (Å²) in [6.07, 6.45) is 0. The fraction of sp³-hybridized carbons (Fsp3) is 0. The summed E-state index contributed by atoms with van der Waals surface area (Å²) in [6.45, 7) is 0. The molecule has 11 rings (SSSR count). The topological polar surface area (TPSA) is 0 Å². The van der Waals surface area contributed by atoms with Crippen LogP contribution in [0, 0.1) is 0 Å². The molecule has 0 radical (unpaired) electrons. The quantitative estimate of drug-likeness (QED) is 0.164. The van der Waals surface area contributed by atoms with Gasteiger partial charge in [0.15, 0.2) is 0 Å². The lowest BCUT2D eigenvalue weighted by molar-refractivity contribution is 1.61. The molecular weight excluding hydrogens is 641 g/mol. The van der Waals surface area contributed by atoms with Crippen LogP contribution in [0.4, 0.5) is 0 Å². The first kappa shape index (κ1) is 28.1. The maximum atomic E-state index is 2.48. The van der Waals surface area contributed by atoms with Gasteiger partial charge in [-0.25, -0.2) is 0 Å². The van der Waals surface area contributed by atoms with Gasteiger partial charge < -0.3 is 0 Å². The molecule has 2 aromatic heterocycles. The molecule has 2 heteroatoms. The molecule has 0 nitrogen and oxygen atoms in total. The number of hydrogen-bond donors (Lipinski definition) is 0. The van der Waals surface area contributed by atoms with Gasteiger partial charge in [-0.1, -0.05) is 158 Å². The Hall–Kier alpha value is -5.80. The molecule has 0 saturated carbocycles. The van der Waals surface area contributed by atoms with Crippen LogP contribution in [0.5, 0.6) is 0 Å². The highest BCUT2D eigenvalue weighted by atomic mass is 32.1. The summed E-state index contributed by atoms with van der Waals surface area (Å²) < 4.78 is 5.43. The molecule has 0 saturated heterocycles. The molecule has 50 heavy (non-hydrogen) atoms. The van der Waals surface area contributed by atoms with Crippen LogP contribution in [0.3, 0.4) is 0 Å². The van der Waals surface area contributed by atoms with Crippen LogP contribution in [0.2, 0.25) is 0 Å². The predicted octanol–water partition coefficient (Wildman–Crippen LogP) is 14.9. The molecule has 0 fully saturated rings. The van der Waals surface area contributed by atoms with Crippen LogP contribution >= 0.6 is 22.7 Å². The van der Waals surface area contributed by atoms with Crippen LogP contribution in [0.1, 0.15) is 0 Å². The van der Waals surface area contributed by atoms with Gasteiger partial charge in [0.25, 0.3) is 0 Å². The molecule has 0 amide bonds. The Morgan fingerprint density at radius 2 is 0.780 bits per heavy atom. The Morgan fingerprint density at radius 1 is 0.260 bits per heavy atom. The smallest absolute Gasteiger partial charge is 0.0449 e. The number of hydrogen-bond acceptors (Lipinski definition) is 2. The third-order valence-corrected chi connectivity index (χ3v) is 12.9. The standard InChI is InChI=1S/C48H28S2/c1-2-12-29(13-3-1)30-22-24-32(25-23-30)43-35-17-6-8-19-37(35)44(38-20-9-7-18-36(38)43)45-47-40(34-16-10-11-21-42(34)49-47)28-41-39-27-26-31-14-4-5-15-33(31)46(39)50-48(41)45/h1-28H. The van der Waals surface area contributed by atoms with Gasteiger partial charge in [0.2, 0.25) is 0 Å². The highest BCUT2D eigenvalue weighted by molar-refractivity contribution is 7.29. The molecule has 0 atom stereocenters. The van der Waals surface area contributed by atoms with E-state index in [4.69, 9.17) is 0 Å². The number of rotatable bonds is 3. The largest absolute Gasteiger partial charge is 0.134 e. The lowest BCUT2D eigenvalue weighted by Gasteiger charge is -2.19. The van der Waals surface area contributed by atoms with Crippen molar-refractivity contribution in [2.24, 2.45) is 0 Å². The summed E-state index contributed by atoms with van der Waals surface area (Å²) in [5.41, 5.74) is 7.70. The molecular formula is C48H28S2. The Kier molecular flexibility index (Phi) is 6.09. The number of benzene rings is 9. The maximum Gasteiger partial charge on any atom is 0.0449 e. The van der Waals surface area contributed by atoms with Crippen molar-refractivity contribution in [3.63, 3.8) is 0 Å². The SMILES string of the molecule is c1ccc(-c2ccc(-c3c4ccccc4c(-c4c5sc6ccccc6c5cc5c4sc4c6ccccc6ccc54)c4ccccc34)cc2)cc1. The van der Waals surface area contributed by atoms with Crippen molar-refractivity contribution in [3.8, 4) is 33.4 Å². The van der Waals surface area contributed by atoms with Gasteiger partial charge in [-0.3, -0.25) is 0 Å². The van der Waals surface area contributed by atoms with E-state index in [9.17, 15) is 0 Å². The lowest BCUT2D eigenvalue weighted by Crippen LogP contribution is -1.91. The van der Waals surface area contributed by atoms with Crippen molar-refractivity contribution in [1.82, 2.24) is 0 Å².